The number of cyclic esters (lactones) is 1. The van der Waals surface area contributed by atoms with Gasteiger partial charge in [0.15, 0.2) is 0 Å². The molecule has 0 unspecified atom stereocenters. The number of aliphatic hydroxyl groups excluding tert-OH is 2. The summed E-state index contributed by atoms with van der Waals surface area (Å²) in [4.78, 5) is 11.8. The van der Waals surface area contributed by atoms with Crippen molar-refractivity contribution in [3.8, 4) is 0 Å². The number of carbonyl (C=O) groups excluding carboxylic acids is 1. The van der Waals surface area contributed by atoms with E-state index in [1.165, 1.54) is 0 Å². The highest BCUT2D eigenvalue weighted by atomic mass is 16.6. The van der Waals surface area contributed by atoms with E-state index >= 15 is 0 Å². The molecule has 0 bridgehead atoms. The molecule has 5 nitrogen and oxygen atoms in total. The van der Waals surface area contributed by atoms with E-state index in [-0.39, 0.29) is 34.8 Å². The van der Waals surface area contributed by atoms with Gasteiger partial charge >= 0.3 is 5.97 Å². The molecule has 5 atom stereocenters. The summed E-state index contributed by atoms with van der Waals surface area (Å²) in [6.07, 6.45) is -0.606. The van der Waals surface area contributed by atoms with Crippen molar-refractivity contribution in [3.63, 3.8) is 0 Å². The average molecular weight is 282 g/mol. The summed E-state index contributed by atoms with van der Waals surface area (Å²) in [5, 5.41) is 31.3. The summed E-state index contributed by atoms with van der Waals surface area (Å²) in [5.74, 6) is -0.860. The molecule has 1 fully saturated rings. The van der Waals surface area contributed by atoms with Gasteiger partial charge in [0.1, 0.15) is 0 Å². The number of hydrogen-bond acceptors (Lipinski definition) is 5. The predicted octanol–water partition coefficient (Wildman–Crippen LogP) is 0.726. The minimum absolute atomic E-state index is 0.0345. The van der Waals surface area contributed by atoms with E-state index in [4.69, 9.17) is 4.74 Å². The second-order valence-corrected chi connectivity index (χ2v) is 7.51. The normalized spacial score (nSPS) is 46.8. The zero-order valence-corrected chi connectivity index (χ0v) is 12.1. The highest BCUT2D eigenvalue weighted by Crippen LogP contribution is 2.55. The van der Waals surface area contributed by atoms with E-state index in [1.807, 2.05) is 0 Å². The van der Waals surface area contributed by atoms with Gasteiger partial charge in [-0.05, 0) is 37.0 Å². The molecule has 0 aromatic carbocycles. The highest BCUT2D eigenvalue weighted by Gasteiger charge is 2.56. The summed E-state index contributed by atoms with van der Waals surface area (Å²) in [7, 11) is 0. The first-order chi connectivity index (χ1) is 9.12. The average Bonchev–Trinajstić information content (AvgIpc) is 2.74. The van der Waals surface area contributed by atoms with Gasteiger partial charge in [-0.3, -0.25) is 0 Å². The van der Waals surface area contributed by atoms with Crippen LogP contribution in [0.2, 0.25) is 0 Å². The number of ether oxygens (including phenoxy) is 1. The third kappa shape index (κ3) is 1.91. The molecule has 0 aromatic heterocycles. The summed E-state index contributed by atoms with van der Waals surface area (Å²) in [5.41, 5.74) is -0.519. The lowest BCUT2D eigenvalue weighted by Crippen LogP contribution is -2.40. The maximum absolute atomic E-state index is 11.8. The van der Waals surface area contributed by atoms with Gasteiger partial charge in [0, 0.05) is 17.6 Å². The number of fused-ring (bicyclic) bond motifs is 1. The number of carbonyl (C=O) groups is 1. The van der Waals surface area contributed by atoms with Crippen molar-refractivity contribution < 1.29 is 24.9 Å². The van der Waals surface area contributed by atoms with Crippen molar-refractivity contribution in [2.45, 2.75) is 58.0 Å². The van der Waals surface area contributed by atoms with Crippen LogP contribution in [0.25, 0.3) is 0 Å². The van der Waals surface area contributed by atoms with Gasteiger partial charge in [0.2, 0.25) is 6.29 Å². The maximum atomic E-state index is 11.8. The van der Waals surface area contributed by atoms with Crippen LogP contribution >= 0.6 is 0 Å². The third-order valence-electron chi connectivity index (χ3n) is 5.21. The first-order valence-corrected chi connectivity index (χ1v) is 7.15. The zero-order valence-electron chi connectivity index (χ0n) is 12.1. The summed E-state index contributed by atoms with van der Waals surface area (Å²) in [6, 6.07) is 0. The molecule has 112 valence electrons. The maximum Gasteiger partial charge on any atom is 0.336 e. The fraction of sp³-hybridized carbons (Fsp3) is 0.800. The Morgan fingerprint density at radius 3 is 2.50 bits per heavy atom. The van der Waals surface area contributed by atoms with Crippen molar-refractivity contribution in [1.29, 1.82) is 0 Å². The Morgan fingerprint density at radius 2 is 1.85 bits per heavy atom. The molecule has 0 amide bonds. The van der Waals surface area contributed by atoms with Crippen molar-refractivity contribution >= 4 is 5.97 Å². The molecule has 1 heterocycles. The van der Waals surface area contributed by atoms with Gasteiger partial charge in [-0.25, -0.2) is 4.79 Å². The lowest BCUT2D eigenvalue weighted by Gasteiger charge is -2.34. The van der Waals surface area contributed by atoms with Crippen LogP contribution in [0.5, 0.6) is 0 Å². The van der Waals surface area contributed by atoms with Gasteiger partial charge in [-0.1, -0.05) is 13.8 Å². The molecule has 0 saturated heterocycles. The van der Waals surface area contributed by atoms with E-state index in [9.17, 15) is 20.1 Å². The van der Waals surface area contributed by atoms with Crippen LogP contribution in [0.4, 0.5) is 0 Å². The highest BCUT2D eigenvalue weighted by molar-refractivity contribution is 5.92. The van der Waals surface area contributed by atoms with Crippen LogP contribution < -0.4 is 0 Å². The molecule has 3 aliphatic rings. The summed E-state index contributed by atoms with van der Waals surface area (Å²) in [6.45, 7) is 5.95. The van der Waals surface area contributed by atoms with Gasteiger partial charge in [0.05, 0.1) is 11.7 Å². The minimum Gasteiger partial charge on any atom is -0.428 e. The molecule has 0 radical (unpaired) electrons. The van der Waals surface area contributed by atoms with Gasteiger partial charge in [-0.2, -0.15) is 0 Å². The summed E-state index contributed by atoms with van der Waals surface area (Å²) < 4.78 is 4.80. The number of esters is 1. The Labute approximate surface area is 118 Å². The molecule has 5 heteroatoms. The SMILES string of the molecule is CC1(C)C[C@@H]2[C@H](O)C3=C(C[C@](C)(O)[C@@H]2C1)C(=O)O[C@@H]3O. The molecular weight excluding hydrogens is 260 g/mol. The quantitative estimate of drug-likeness (QED) is 0.570. The Kier molecular flexibility index (Phi) is 2.85. The zero-order chi connectivity index (χ0) is 14.9. The fourth-order valence-electron chi connectivity index (χ4n) is 4.34. The smallest absolute Gasteiger partial charge is 0.336 e. The van der Waals surface area contributed by atoms with Crippen molar-refractivity contribution in [2.24, 2.45) is 17.3 Å². The van der Waals surface area contributed by atoms with Crippen molar-refractivity contribution in [1.82, 2.24) is 0 Å². The molecular formula is C15H22O5. The molecule has 1 saturated carbocycles. The lowest BCUT2D eigenvalue weighted by atomic mass is 9.78. The minimum atomic E-state index is -1.37. The topological polar surface area (TPSA) is 87.0 Å². The number of hydrogen-bond donors (Lipinski definition) is 3. The molecule has 2 aliphatic carbocycles. The fourth-order valence-corrected chi connectivity index (χ4v) is 4.34. The van der Waals surface area contributed by atoms with Gasteiger partial charge < -0.3 is 20.1 Å². The van der Waals surface area contributed by atoms with E-state index in [0.717, 1.165) is 12.8 Å². The third-order valence-corrected chi connectivity index (χ3v) is 5.21. The summed E-state index contributed by atoms with van der Waals surface area (Å²) >= 11 is 0. The van der Waals surface area contributed by atoms with Crippen molar-refractivity contribution in [3.05, 3.63) is 11.1 Å². The molecule has 0 spiro atoms. The molecule has 1 aliphatic heterocycles. The number of rotatable bonds is 0. The Bertz CT molecular complexity index is 490. The van der Waals surface area contributed by atoms with Crippen LogP contribution in [-0.4, -0.2) is 39.3 Å². The van der Waals surface area contributed by atoms with Gasteiger partial charge in [0.25, 0.3) is 0 Å². The largest absolute Gasteiger partial charge is 0.428 e. The van der Waals surface area contributed by atoms with E-state index in [1.54, 1.807) is 6.92 Å². The van der Waals surface area contributed by atoms with E-state index in [0.29, 0.717) is 0 Å². The van der Waals surface area contributed by atoms with Crippen LogP contribution in [0.3, 0.4) is 0 Å². The van der Waals surface area contributed by atoms with Crippen LogP contribution in [0.1, 0.15) is 40.0 Å². The number of aliphatic hydroxyl groups is 3. The van der Waals surface area contributed by atoms with E-state index in [2.05, 4.69) is 13.8 Å². The standard InChI is InChI=1S/C15H22O5/c1-14(2)4-7-9(6-14)15(3,19)5-8-10(11(7)16)13(18)20-12(8)17/h7,9,11,13,16,18-19H,4-6H2,1-3H3/t7-,9+,11-,13-,15-/m0/s1. The van der Waals surface area contributed by atoms with E-state index < -0.39 is 24.0 Å². The molecule has 3 N–H and O–H groups in total. The van der Waals surface area contributed by atoms with Crippen LogP contribution in [0.15, 0.2) is 11.1 Å². The first-order valence-electron chi connectivity index (χ1n) is 7.15. The molecule has 3 rings (SSSR count). The molecule has 20 heavy (non-hydrogen) atoms. The Balaban J connectivity index is 2.07. The Morgan fingerprint density at radius 1 is 1.20 bits per heavy atom. The first kappa shape index (κ1) is 14.0. The second kappa shape index (κ2) is 4.06. The Hall–Kier alpha value is -0.910. The second-order valence-electron chi connectivity index (χ2n) is 7.51. The van der Waals surface area contributed by atoms with Gasteiger partial charge in [-0.15, -0.1) is 0 Å². The predicted molar refractivity (Wildman–Crippen MR) is 70.4 cm³/mol. The van der Waals surface area contributed by atoms with Crippen LogP contribution in [-0.2, 0) is 9.53 Å². The lowest BCUT2D eigenvalue weighted by molar-refractivity contribution is -0.154. The monoisotopic (exact) mass is 282 g/mol. The molecule has 0 aromatic rings. The van der Waals surface area contributed by atoms with Crippen molar-refractivity contribution in [2.75, 3.05) is 0 Å². The van der Waals surface area contributed by atoms with Crippen LogP contribution in [0, 0.1) is 17.3 Å².